The van der Waals surface area contributed by atoms with Crippen molar-refractivity contribution in [2.24, 2.45) is 17.6 Å². The lowest BCUT2D eigenvalue weighted by Gasteiger charge is -2.36. The lowest BCUT2D eigenvalue weighted by atomic mass is 9.87. The number of benzene rings is 1. The van der Waals surface area contributed by atoms with Crippen molar-refractivity contribution < 1.29 is 9.53 Å². The molecule has 114 valence electrons. The fourth-order valence-electron chi connectivity index (χ4n) is 2.64. The highest BCUT2D eigenvalue weighted by atomic mass is 16.5. The second kappa shape index (κ2) is 7.27. The van der Waals surface area contributed by atoms with E-state index in [2.05, 4.69) is 6.92 Å². The van der Waals surface area contributed by atoms with Crippen LogP contribution in [-0.2, 0) is 4.79 Å². The SMILES string of the molecule is COc1ccc(/C=C/C(=O)N2CCC(C)C(CN)C2)cc1. The molecule has 1 heterocycles. The lowest BCUT2D eigenvalue weighted by Crippen LogP contribution is -2.44. The zero-order valence-electron chi connectivity index (χ0n) is 12.8. The van der Waals surface area contributed by atoms with Gasteiger partial charge in [-0.3, -0.25) is 4.79 Å². The van der Waals surface area contributed by atoms with Crippen molar-refractivity contribution in [3.63, 3.8) is 0 Å². The molecule has 1 aromatic rings. The molecule has 0 aliphatic carbocycles. The number of likely N-dealkylation sites (tertiary alicyclic amines) is 1. The number of rotatable bonds is 4. The van der Waals surface area contributed by atoms with Crippen molar-refractivity contribution in [3.05, 3.63) is 35.9 Å². The van der Waals surface area contributed by atoms with E-state index < -0.39 is 0 Å². The fraction of sp³-hybridized carbons (Fsp3) is 0.471. The third-order valence-electron chi connectivity index (χ3n) is 4.26. The van der Waals surface area contributed by atoms with E-state index in [1.54, 1.807) is 13.2 Å². The summed E-state index contributed by atoms with van der Waals surface area (Å²) in [5.41, 5.74) is 6.77. The average molecular weight is 288 g/mol. The number of nitrogens with two attached hydrogens (primary N) is 1. The van der Waals surface area contributed by atoms with Crippen LogP contribution in [0.5, 0.6) is 5.75 Å². The minimum Gasteiger partial charge on any atom is -0.497 e. The summed E-state index contributed by atoms with van der Waals surface area (Å²) in [6, 6.07) is 7.64. The van der Waals surface area contributed by atoms with E-state index in [0.717, 1.165) is 30.8 Å². The van der Waals surface area contributed by atoms with Gasteiger partial charge in [-0.2, -0.15) is 0 Å². The highest BCUT2D eigenvalue weighted by Crippen LogP contribution is 2.22. The van der Waals surface area contributed by atoms with Gasteiger partial charge in [-0.1, -0.05) is 19.1 Å². The maximum atomic E-state index is 12.2. The minimum absolute atomic E-state index is 0.0659. The Bertz CT molecular complexity index is 496. The third kappa shape index (κ3) is 4.08. The van der Waals surface area contributed by atoms with Gasteiger partial charge in [-0.05, 0) is 48.6 Å². The molecule has 2 N–H and O–H groups in total. The summed E-state index contributed by atoms with van der Waals surface area (Å²) in [4.78, 5) is 14.1. The molecule has 0 bridgehead atoms. The summed E-state index contributed by atoms with van der Waals surface area (Å²) in [5.74, 6) is 1.90. The Labute approximate surface area is 126 Å². The van der Waals surface area contributed by atoms with E-state index in [1.807, 2.05) is 35.2 Å². The maximum absolute atomic E-state index is 12.2. The van der Waals surface area contributed by atoms with Gasteiger partial charge >= 0.3 is 0 Å². The fourth-order valence-corrected chi connectivity index (χ4v) is 2.64. The second-order valence-corrected chi connectivity index (χ2v) is 5.65. The predicted molar refractivity (Wildman–Crippen MR) is 84.9 cm³/mol. The molecule has 0 radical (unpaired) electrons. The van der Waals surface area contributed by atoms with E-state index in [9.17, 15) is 4.79 Å². The minimum atomic E-state index is 0.0659. The number of ether oxygens (including phenoxy) is 1. The van der Waals surface area contributed by atoms with Gasteiger partial charge < -0.3 is 15.4 Å². The number of amides is 1. The van der Waals surface area contributed by atoms with Crippen LogP contribution >= 0.6 is 0 Å². The largest absolute Gasteiger partial charge is 0.497 e. The van der Waals surface area contributed by atoms with Gasteiger partial charge in [0.15, 0.2) is 0 Å². The summed E-state index contributed by atoms with van der Waals surface area (Å²) in [6.45, 7) is 4.45. The number of hydrogen-bond acceptors (Lipinski definition) is 3. The molecule has 4 nitrogen and oxygen atoms in total. The van der Waals surface area contributed by atoms with Crippen molar-refractivity contribution in [1.82, 2.24) is 4.90 Å². The van der Waals surface area contributed by atoms with Crippen LogP contribution in [0.1, 0.15) is 18.9 Å². The van der Waals surface area contributed by atoms with Crippen LogP contribution in [0.3, 0.4) is 0 Å². The van der Waals surface area contributed by atoms with Gasteiger partial charge in [0.05, 0.1) is 7.11 Å². The first-order valence-corrected chi connectivity index (χ1v) is 7.45. The Morgan fingerprint density at radius 2 is 2.14 bits per heavy atom. The summed E-state index contributed by atoms with van der Waals surface area (Å²) in [7, 11) is 1.64. The zero-order valence-corrected chi connectivity index (χ0v) is 12.8. The first-order chi connectivity index (χ1) is 10.1. The number of carbonyl (C=O) groups excluding carboxylic acids is 1. The molecule has 2 rings (SSSR count). The monoisotopic (exact) mass is 288 g/mol. The van der Waals surface area contributed by atoms with Gasteiger partial charge in [-0.25, -0.2) is 0 Å². The van der Waals surface area contributed by atoms with Crippen molar-refractivity contribution in [3.8, 4) is 5.75 Å². The molecule has 0 aromatic heterocycles. The van der Waals surface area contributed by atoms with Crippen LogP contribution in [0.2, 0.25) is 0 Å². The summed E-state index contributed by atoms with van der Waals surface area (Å²) >= 11 is 0. The van der Waals surface area contributed by atoms with Crippen LogP contribution in [0.25, 0.3) is 6.08 Å². The molecule has 1 fully saturated rings. The van der Waals surface area contributed by atoms with E-state index in [1.165, 1.54) is 0 Å². The van der Waals surface area contributed by atoms with Gasteiger partial charge in [-0.15, -0.1) is 0 Å². The molecular formula is C17H24N2O2. The number of hydrogen-bond donors (Lipinski definition) is 1. The van der Waals surface area contributed by atoms with E-state index in [0.29, 0.717) is 18.4 Å². The second-order valence-electron chi connectivity index (χ2n) is 5.65. The highest BCUT2D eigenvalue weighted by molar-refractivity contribution is 5.91. The molecule has 1 aliphatic rings. The number of piperidine rings is 1. The Balaban J connectivity index is 1.95. The van der Waals surface area contributed by atoms with Crippen molar-refractivity contribution >= 4 is 12.0 Å². The lowest BCUT2D eigenvalue weighted by molar-refractivity contribution is -0.128. The molecular weight excluding hydrogens is 264 g/mol. The molecule has 2 unspecified atom stereocenters. The third-order valence-corrected chi connectivity index (χ3v) is 4.26. The van der Waals surface area contributed by atoms with E-state index in [-0.39, 0.29) is 5.91 Å². The Hall–Kier alpha value is -1.81. The van der Waals surface area contributed by atoms with Crippen LogP contribution in [-0.4, -0.2) is 37.6 Å². The van der Waals surface area contributed by atoms with Crippen LogP contribution in [0.4, 0.5) is 0 Å². The van der Waals surface area contributed by atoms with Crippen molar-refractivity contribution in [2.45, 2.75) is 13.3 Å². The summed E-state index contributed by atoms with van der Waals surface area (Å²) in [5, 5.41) is 0. The zero-order chi connectivity index (χ0) is 15.2. The Kier molecular flexibility index (Phi) is 5.39. The predicted octanol–water partition coefficient (Wildman–Crippen LogP) is 2.15. The molecule has 1 aliphatic heterocycles. The maximum Gasteiger partial charge on any atom is 0.246 e. The van der Waals surface area contributed by atoms with Gasteiger partial charge in [0.2, 0.25) is 5.91 Å². The van der Waals surface area contributed by atoms with Crippen LogP contribution in [0, 0.1) is 11.8 Å². The molecule has 1 aromatic carbocycles. The van der Waals surface area contributed by atoms with Crippen LogP contribution < -0.4 is 10.5 Å². The van der Waals surface area contributed by atoms with Crippen molar-refractivity contribution in [1.29, 1.82) is 0 Å². The number of methoxy groups -OCH3 is 1. The molecule has 1 amide bonds. The Morgan fingerprint density at radius 3 is 2.76 bits per heavy atom. The standard InChI is InChI=1S/C17H24N2O2/c1-13-9-10-19(12-15(13)11-18)17(20)8-5-14-3-6-16(21-2)7-4-14/h3-8,13,15H,9-12,18H2,1-2H3/b8-5+. The molecule has 21 heavy (non-hydrogen) atoms. The normalized spacial score (nSPS) is 22.5. The molecule has 1 saturated heterocycles. The van der Waals surface area contributed by atoms with E-state index >= 15 is 0 Å². The van der Waals surface area contributed by atoms with Crippen molar-refractivity contribution in [2.75, 3.05) is 26.7 Å². The van der Waals surface area contributed by atoms with Gasteiger partial charge in [0.25, 0.3) is 0 Å². The summed E-state index contributed by atoms with van der Waals surface area (Å²) < 4.78 is 5.11. The van der Waals surface area contributed by atoms with Gasteiger partial charge in [0, 0.05) is 19.2 Å². The number of carbonyl (C=O) groups is 1. The smallest absolute Gasteiger partial charge is 0.246 e. The average Bonchev–Trinajstić information content (AvgIpc) is 2.53. The molecule has 4 heteroatoms. The first kappa shape index (κ1) is 15.6. The molecule has 0 spiro atoms. The van der Waals surface area contributed by atoms with E-state index in [4.69, 9.17) is 10.5 Å². The first-order valence-electron chi connectivity index (χ1n) is 7.45. The number of nitrogens with zero attached hydrogens (tertiary/aromatic N) is 1. The van der Waals surface area contributed by atoms with Crippen LogP contribution in [0.15, 0.2) is 30.3 Å². The topological polar surface area (TPSA) is 55.6 Å². The molecule has 0 saturated carbocycles. The van der Waals surface area contributed by atoms with Gasteiger partial charge in [0.1, 0.15) is 5.75 Å². The highest BCUT2D eigenvalue weighted by Gasteiger charge is 2.26. The Morgan fingerprint density at radius 1 is 1.43 bits per heavy atom. The molecule has 2 atom stereocenters. The quantitative estimate of drug-likeness (QED) is 0.864. The summed E-state index contributed by atoms with van der Waals surface area (Å²) in [6.07, 6.45) is 4.52.